The summed E-state index contributed by atoms with van der Waals surface area (Å²) >= 11 is 0. The van der Waals surface area contributed by atoms with Crippen LogP contribution in [0.5, 0.6) is 0 Å². The lowest BCUT2D eigenvalue weighted by molar-refractivity contribution is -0.133. The SMILES string of the molecule is COCC(C(C)C)N1C(=O)CNC1C1CCCC1. The number of methoxy groups -OCH3 is 1. The molecule has 2 fully saturated rings. The predicted octanol–water partition coefficient (Wildman–Crippen LogP) is 1.61. The van der Waals surface area contributed by atoms with Gasteiger partial charge < -0.3 is 9.64 Å². The molecule has 4 nitrogen and oxygen atoms in total. The molecular weight excluding hydrogens is 228 g/mol. The third kappa shape index (κ3) is 2.69. The minimum atomic E-state index is 0.197. The summed E-state index contributed by atoms with van der Waals surface area (Å²) in [6.45, 7) is 5.46. The Kier molecular flexibility index (Phi) is 4.62. The first-order chi connectivity index (χ1) is 8.65. The van der Waals surface area contributed by atoms with E-state index in [0.29, 0.717) is 25.0 Å². The van der Waals surface area contributed by atoms with Crippen molar-refractivity contribution in [1.82, 2.24) is 10.2 Å². The Morgan fingerprint density at radius 2 is 2.06 bits per heavy atom. The van der Waals surface area contributed by atoms with Gasteiger partial charge in [0.1, 0.15) is 0 Å². The normalized spacial score (nSPS) is 27.4. The number of rotatable bonds is 5. The van der Waals surface area contributed by atoms with Gasteiger partial charge in [0, 0.05) is 7.11 Å². The van der Waals surface area contributed by atoms with Crippen molar-refractivity contribution in [3.63, 3.8) is 0 Å². The second-order valence-electron chi connectivity index (χ2n) is 5.94. The summed E-state index contributed by atoms with van der Waals surface area (Å²) in [6, 6.07) is 0.197. The number of carbonyl (C=O) groups excluding carboxylic acids is 1. The highest BCUT2D eigenvalue weighted by atomic mass is 16.5. The Balaban J connectivity index is 2.11. The average molecular weight is 254 g/mol. The van der Waals surface area contributed by atoms with Gasteiger partial charge in [0.2, 0.25) is 5.91 Å². The fourth-order valence-corrected chi connectivity index (χ4v) is 3.36. The zero-order chi connectivity index (χ0) is 13.1. The summed E-state index contributed by atoms with van der Waals surface area (Å²) < 4.78 is 5.32. The number of ether oxygens (including phenoxy) is 1. The van der Waals surface area contributed by atoms with Gasteiger partial charge in [-0.05, 0) is 24.7 Å². The van der Waals surface area contributed by atoms with Crippen LogP contribution >= 0.6 is 0 Å². The molecule has 4 heteroatoms. The van der Waals surface area contributed by atoms with E-state index in [0.717, 1.165) is 0 Å². The maximum Gasteiger partial charge on any atom is 0.238 e. The van der Waals surface area contributed by atoms with Crippen LogP contribution in [0.2, 0.25) is 0 Å². The van der Waals surface area contributed by atoms with Crippen molar-refractivity contribution in [3.05, 3.63) is 0 Å². The van der Waals surface area contributed by atoms with Crippen LogP contribution in [-0.4, -0.2) is 43.3 Å². The van der Waals surface area contributed by atoms with Crippen LogP contribution in [0.1, 0.15) is 39.5 Å². The number of hydrogen-bond acceptors (Lipinski definition) is 3. The molecule has 18 heavy (non-hydrogen) atoms. The zero-order valence-electron chi connectivity index (χ0n) is 11.8. The summed E-state index contributed by atoms with van der Waals surface area (Å²) in [6.07, 6.45) is 5.35. The lowest BCUT2D eigenvalue weighted by Gasteiger charge is -2.37. The summed E-state index contributed by atoms with van der Waals surface area (Å²) in [5.74, 6) is 1.30. The highest BCUT2D eigenvalue weighted by Gasteiger charge is 2.41. The van der Waals surface area contributed by atoms with Crippen molar-refractivity contribution in [2.75, 3.05) is 20.3 Å². The molecule has 1 aliphatic carbocycles. The highest BCUT2D eigenvalue weighted by molar-refractivity contribution is 5.81. The molecule has 2 atom stereocenters. The second-order valence-corrected chi connectivity index (χ2v) is 5.94. The number of nitrogens with one attached hydrogen (secondary N) is 1. The van der Waals surface area contributed by atoms with E-state index in [4.69, 9.17) is 4.74 Å². The van der Waals surface area contributed by atoms with Crippen LogP contribution in [0.4, 0.5) is 0 Å². The standard InChI is InChI=1S/C14H26N2O2/c1-10(2)12(9-18-3)16-13(17)8-15-14(16)11-6-4-5-7-11/h10-12,14-15H,4-9H2,1-3H3. The predicted molar refractivity (Wildman–Crippen MR) is 71.1 cm³/mol. The Bertz CT molecular complexity index is 288. The number of amides is 1. The molecule has 0 bridgehead atoms. The quantitative estimate of drug-likeness (QED) is 0.810. The average Bonchev–Trinajstić information content (AvgIpc) is 2.95. The van der Waals surface area contributed by atoms with E-state index in [2.05, 4.69) is 24.1 Å². The van der Waals surface area contributed by atoms with Crippen molar-refractivity contribution >= 4 is 5.91 Å². The maximum atomic E-state index is 12.2. The van der Waals surface area contributed by atoms with Gasteiger partial charge in [0.15, 0.2) is 0 Å². The molecular formula is C14H26N2O2. The lowest BCUT2D eigenvalue weighted by atomic mass is 9.98. The van der Waals surface area contributed by atoms with Crippen LogP contribution in [-0.2, 0) is 9.53 Å². The molecule has 2 rings (SSSR count). The monoisotopic (exact) mass is 254 g/mol. The van der Waals surface area contributed by atoms with Crippen LogP contribution < -0.4 is 5.32 Å². The van der Waals surface area contributed by atoms with Crippen LogP contribution in [0.15, 0.2) is 0 Å². The van der Waals surface area contributed by atoms with Crippen molar-refractivity contribution in [1.29, 1.82) is 0 Å². The van der Waals surface area contributed by atoms with E-state index in [-0.39, 0.29) is 18.1 Å². The summed E-state index contributed by atoms with van der Waals surface area (Å²) in [7, 11) is 1.72. The maximum absolute atomic E-state index is 12.2. The lowest BCUT2D eigenvalue weighted by Crippen LogP contribution is -2.51. The molecule has 0 aromatic rings. The fraction of sp³-hybridized carbons (Fsp3) is 0.929. The number of nitrogens with zero attached hydrogens (tertiary/aromatic N) is 1. The minimum absolute atomic E-state index is 0.197. The van der Waals surface area contributed by atoms with Crippen LogP contribution in [0.25, 0.3) is 0 Å². The first-order valence-corrected chi connectivity index (χ1v) is 7.18. The molecule has 1 aliphatic heterocycles. The Labute approximate surface area is 110 Å². The van der Waals surface area contributed by atoms with Gasteiger partial charge in [-0.2, -0.15) is 0 Å². The van der Waals surface area contributed by atoms with Gasteiger partial charge in [-0.15, -0.1) is 0 Å². The van der Waals surface area contributed by atoms with Crippen molar-refractivity contribution < 1.29 is 9.53 Å². The minimum Gasteiger partial charge on any atom is -0.383 e. The van der Waals surface area contributed by atoms with Gasteiger partial charge in [-0.1, -0.05) is 26.7 Å². The van der Waals surface area contributed by atoms with E-state index in [1.54, 1.807) is 7.11 Å². The fourth-order valence-electron chi connectivity index (χ4n) is 3.36. The van der Waals surface area contributed by atoms with Gasteiger partial charge >= 0.3 is 0 Å². The van der Waals surface area contributed by atoms with Gasteiger partial charge in [-0.25, -0.2) is 0 Å². The van der Waals surface area contributed by atoms with E-state index in [1.807, 2.05) is 0 Å². The summed E-state index contributed by atoms with van der Waals surface area (Å²) in [5, 5.41) is 3.41. The van der Waals surface area contributed by atoms with Gasteiger partial charge in [0.25, 0.3) is 0 Å². The van der Waals surface area contributed by atoms with E-state index >= 15 is 0 Å². The van der Waals surface area contributed by atoms with Crippen LogP contribution in [0, 0.1) is 11.8 Å². The van der Waals surface area contributed by atoms with Crippen molar-refractivity contribution in [2.24, 2.45) is 11.8 Å². The molecule has 1 N–H and O–H groups in total. The molecule has 1 saturated carbocycles. The van der Waals surface area contributed by atoms with E-state index < -0.39 is 0 Å². The first kappa shape index (κ1) is 13.8. The molecule has 2 aliphatic rings. The Morgan fingerprint density at radius 3 is 2.61 bits per heavy atom. The largest absolute Gasteiger partial charge is 0.383 e. The van der Waals surface area contributed by atoms with Crippen LogP contribution in [0.3, 0.4) is 0 Å². The smallest absolute Gasteiger partial charge is 0.238 e. The van der Waals surface area contributed by atoms with E-state index in [9.17, 15) is 4.79 Å². The molecule has 0 aromatic carbocycles. The summed E-state index contributed by atoms with van der Waals surface area (Å²) in [5.41, 5.74) is 0. The van der Waals surface area contributed by atoms with E-state index in [1.165, 1.54) is 25.7 Å². The highest BCUT2D eigenvalue weighted by Crippen LogP contribution is 2.32. The molecule has 1 heterocycles. The van der Waals surface area contributed by atoms with Crippen molar-refractivity contribution in [3.8, 4) is 0 Å². The third-order valence-corrected chi connectivity index (χ3v) is 4.36. The van der Waals surface area contributed by atoms with Gasteiger partial charge in [-0.3, -0.25) is 10.1 Å². The first-order valence-electron chi connectivity index (χ1n) is 7.18. The number of carbonyl (C=O) groups is 1. The molecule has 1 saturated heterocycles. The molecule has 104 valence electrons. The molecule has 2 unspecified atom stereocenters. The second kappa shape index (κ2) is 6.02. The molecule has 0 radical (unpaired) electrons. The third-order valence-electron chi connectivity index (χ3n) is 4.36. The van der Waals surface area contributed by atoms with Gasteiger partial charge in [0.05, 0.1) is 25.4 Å². The Hall–Kier alpha value is -0.610. The topological polar surface area (TPSA) is 41.6 Å². The van der Waals surface area contributed by atoms with Crippen molar-refractivity contribution in [2.45, 2.75) is 51.7 Å². The molecule has 0 aromatic heterocycles. The zero-order valence-corrected chi connectivity index (χ0v) is 11.8. The molecule has 1 amide bonds. The Morgan fingerprint density at radius 1 is 1.39 bits per heavy atom. The summed E-state index contributed by atoms with van der Waals surface area (Å²) in [4.78, 5) is 14.2. The molecule has 0 spiro atoms. The number of hydrogen-bond donors (Lipinski definition) is 1.